The fraction of sp³-hybridized carbons (Fsp3) is 0.417. The van der Waals surface area contributed by atoms with Gasteiger partial charge in [-0.25, -0.2) is 5.48 Å². The van der Waals surface area contributed by atoms with E-state index in [9.17, 15) is 22.8 Å². The number of alkyl halides is 3. The molecule has 0 radical (unpaired) electrons. The normalized spacial score (nSPS) is 20.0. The molecule has 1 saturated heterocycles. The fourth-order valence-corrected chi connectivity index (χ4v) is 4.48. The van der Waals surface area contributed by atoms with Gasteiger partial charge in [0.25, 0.3) is 5.91 Å². The lowest BCUT2D eigenvalue weighted by Crippen LogP contribution is -2.47. The third-order valence-electron chi connectivity index (χ3n) is 6.54. The molecule has 1 atom stereocenters. The molecule has 4 rings (SSSR count). The Labute approximate surface area is 194 Å². The molecule has 34 heavy (non-hydrogen) atoms. The number of amides is 2. The summed E-state index contributed by atoms with van der Waals surface area (Å²) in [5, 5.41) is 8.92. The number of rotatable bonds is 3. The number of nitrogens with one attached hydrogen (secondary N) is 1. The monoisotopic (exact) mass is 478 g/mol. The zero-order chi connectivity index (χ0) is 24.5. The van der Waals surface area contributed by atoms with Crippen LogP contribution in [0.25, 0.3) is 0 Å². The minimum Gasteiger partial charge on any atom is -0.491 e. The van der Waals surface area contributed by atoms with Crippen molar-refractivity contribution in [2.45, 2.75) is 38.5 Å². The van der Waals surface area contributed by atoms with E-state index in [1.54, 1.807) is 11.5 Å². The van der Waals surface area contributed by atoms with Crippen LogP contribution in [0.1, 0.15) is 52.9 Å². The Hall–Kier alpha value is -3.11. The molecule has 10 heteroatoms. The van der Waals surface area contributed by atoms with Gasteiger partial charge in [-0.1, -0.05) is 31.2 Å². The molecule has 0 bridgehead atoms. The summed E-state index contributed by atoms with van der Waals surface area (Å²) in [5.74, 6) is -0.758. The van der Waals surface area contributed by atoms with Crippen LogP contribution >= 0.6 is 0 Å². The van der Waals surface area contributed by atoms with Gasteiger partial charge in [-0.3, -0.25) is 14.8 Å². The van der Waals surface area contributed by atoms with Gasteiger partial charge in [-0.2, -0.15) is 13.2 Å². The molecule has 0 spiro atoms. The van der Waals surface area contributed by atoms with Crippen LogP contribution in [-0.4, -0.2) is 41.7 Å². The van der Waals surface area contributed by atoms with E-state index >= 15 is 0 Å². The number of benzene rings is 2. The number of ether oxygens (including phenoxy) is 2. The molecule has 182 valence electrons. The SMILES string of the molecule is CC1(C(=O)N2Cc3ccc(C(=O)NO)cc3OC[C@@H]2c2ccccc2C(F)(F)F)CCOCC1. The molecule has 1 fully saturated rings. The van der Waals surface area contributed by atoms with E-state index in [0.29, 0.717) is 31.6 Å². The molecule has 0 aromatic heterocycles. The van der Waals surface area contributed by atoms with Gasteiger partial charge in [0.1, 0.15) is 12.4 Å². The number of hydrogen-bond donors (Lipinski definition) is 2. The average Bonchev–Trinajstić information content (AvgIpc) is 3.02. The number of halogens is 3. The molecule has 0 saturated carbocycles. The number of nitrogens with zero attached hydrogens (tertiary/aromatic N) is 1. The predicted molar refractivity (Wildman–Crippen MR) is 114 cm³/mol. The summed E-state index contributed by atoms with van der Waals surface area (Å²) in [5.41, 5.74) is 0.533. The molecule has 7 nitrogen and oxygen atoms in total. The highest BCUT2D eigenvalue weighted by atomic mass is 19.4. The Morgan fingerprint density at radius 3 is 2.53 bits per heavy atom. The van der Waals surface area contributed by atoms with Crippen molar-refractivity contribution in [1.82, 2.24) is 10.4 Å². The minimum absolute atomic E-state index is 0.00248. The van der Waals surface area contributed by atoms with Gasteiger partial charge < -0.3 is 14.4 Å². The standard InChI is InChI=1S/C24H25F3N2O5/c1-23(8-10-33-11-9-23)22(31)29-13-16-7-6-15(21(30)28-32)12-20(16)34-14-19(29)17-4-2-3-5-18(17)24(25,26)27/h2-7,12,19,32H,8-11,13-14H2,1H3,(H,28,30)/t19-/m1/s1. The van der Waals surface area contributed by atoms with Crippen molar-refractivity contribution < 1.29 is 37.4 Å². The Bertz CT molecular complexity index is 1080. The molecular weight excluding hydrogens is 453 g/mol. The highest BCUT2D eigenvalue weighted by Crippen LogP contribution is 2.42. The maximum Gasteiger partial charge on any atom is 0.416 e. The molecule has 2 N–H and O–H groups in total. The number of hydroxylamine groups is 1. The summed E-state index contributed by atoms with van der Waals surface area (Å²) >= 11 is 0. The molecule has 2 heterocycles. The van der Waals surface area contributed by atoms with Crippen LogP contribution in [0.4, 0.5) is 13.2 Å². The zero-order valence-corrected chi connectivity index (χ0v) is 18.5. The second kappa shape index (κ2) is 9.27. The number of carbonyl (C=O) groups excluding carboxylic acids is 2. The van der Waals surface area contributed by atoms with Crippen molar-refractivity contribution in [2.24, 2.45) is 5.41 Å². The third-order valence-corrected chi connectivity index (χ3v) is 6.54. The first-order valence-corrected chi connectivity index (χ1v) is 10.9. The average molecular weight is 478 g/mol. The second-order valence-corrected chi connectivity index (χ2v) is 8.78. The van der Waals surface area contributed by atoms with Gasteiger partial charge in [-0.05, 0) is 36.6 Å². The van der Waals surface area contributed by atoms with Gasteiger partial charge in [0.05, 0.1) is 23.6 Å². The highest BCUT2D eigenvalue weighted by molar-refractivity contribution is 5.94. The molecule has 0 unspecified atom stereocenters. The molecule has 2 aliphatic rings. The van der Waals surface area contributed by atoms with E-state index in [2.05, 4.69) is 0 Å². The van der Waals surface area contributed by atoms with Crippen molar-refractivity contribution >= 4 is 11.8 Å². The number of hydrogen-bond acceptors (Lipinski definition) is 5. The molecule has 2 aromatic carbocycles. The lowest BCUT2D eigenvalue weighted by atomic mass is 9.80. The Morgan fingerprint density at radius 1 is 1.15 bits per heavy atom. The largest absolute Gasteiger partial charge is 0.491 e. The van der Waals surface area contributed by atoms with E-state index < -0.39 is 29.1 Å². The number of fused-ring (bicyclic) bond motifs is 1. The molecular formula is C24H25F3N2O5. The van der Waals surface area contributed by atoms with Crippen molar-refractivity contribution in [3.63, 3.8) is 0 Å². The topological polar surface area (TPSA) is 88.1 Å². The van der Waals surface area contributed by atoms with Crippen molar-refractivity contribution in [2.75, 3.05) is 19.8 Å². The Kier molecular flexibility index (Phi) is 6.55. The third kappa shape index (κ3) is 4.60. The van der Waals surface area contributed by atoms with Gasteiger partial charge in [0.15, 0.2) is 0 Å². The molecule has 0 aliphatic carbocycles. The highest BCUT2D eigenvalue weighted by Gasteiger charge is 2.44. The van der Waals surface area contributed by atoms with Gasteiger partial charge in [0, 0.05) is 24.3 Å². The van der Waals surface area contributed by atoms with Gasteiger partial charge in [0.2, 0.25) is 5.91 Å². The van der Waals surface area contributed by atoms with Crippen LogP contribution in [0, 0.1) is 5.41 Å². The quantitative estimate of drug-likeness (QED) is 0.512. The smallest absolute Gasteiger partial charge is 0.416 e. The van der Waals surface area contributed by atoms with E-state index in [1.165, 1.54) is 35.2 Å². The van der Waals surface area contributed by atoms with Gasteiger partial charge >= 0.3 is 6.18 Å². The van der Waals surface area contributed by atoms with Crippen LogP contribution in [0.15, 0.2) is 42.5 Å². The molecule has 2 aromatic rings. The summed E-state index contributed by atoms with van der Waals surface area (Å²) < 4.78 is 52.9. The second-order valence-electron chi connectivity index (χ2n) is 8.78. The summed E-state index contributed by atoms with van der Waals surface area (Å²) in [6.07, 6.45) is -3.70. The van der Waals surface area contributed by atoms with Crippen LogP contribution in [0.2, 0.25) is 0 Å². The van der Waals surface area contributed by atoms with E-state index in [1.807, 2.05) is 6.92 Å². The lowest BCUT2D eigenvalue weighted by molar-refractivity contribution is -0.152. The summed E-state index contributed by atoms with van der Waals surface area (Å²) in [6, 6.07) is 8.60. The molecule has 2 amide bonds. The van der Waals surface area contributed by atoms with E-state index in [0.717, 1.165) is 6.07 Å². The maximum atomic E-state index is 13.9. The first-order chi connectivity index (χ1) is 16.1. The summed E-state index contributed by atoms with van der Waals surface area (Å²) in [6.45, 7) is 2.37. The van der Waals surface area contributed by atoms with Gasteiger partial charge in [-0.15, -0.1) is 0 Å². The summed E-state index contributed by atoms with van der Waals surface area (Å²) in [7, 11) is 0. The predicted octanol–water partition coefficient (Wildman–Crippen LogP) is 4.10. The van der Waals surface area contributed by atoms with Crippen LogP contribution in [0.5, 0.6) is 5.75 Å². The van der Waals surface area contributed by atoms with E-state index in [4.69, 9.17) is 14.7 Å². The van der Waals surface area contributed by atoms with Crippen molar-refractivity contribution in [1.29, 1.82) is 0 Å². The minimum atomic E-state index is -4.61. The van der Waals surface area contributed by atoms with E-state index in [-0.39, 0.29) is 35.9 Å². The van der Waals surface area contributed by atoms with Crippen molar-refractivity contribution in [3.05, 3.63) is 64.7 Å². The van der Waals surface area contributed by atoms with Crippen molar-refractivity contribution in [3.8, 4) is 5.75 Å². The molecule has 2 aliphatic heterocycles. The Balaban J connectivity index is 1.79. The first-order valence-electron chi connectivity index (χ1n) is 10.9. The number of carbonyl (C=O) groups is 2. The zero-order valence-electron chi connectivity index (χ0n) is 18.5. The van der Waals surface area contributed by atoms with Crippen LogP contribution in [0.3, 0.4) is 0 Å². The summed E-state index contributed by atoms with van der Waals surface area (Å²) in [4.78, 5) is 27.1. The van der Waals surface area contributed by atoms with Crippen LogP contribution in [-0.2, 0) is 22.3 Å². The first kappa shape index (κ1) is 24.0. The lowest BCUT2D eigenvalue weighted by Gasteiger charge is -2.40. The van der Waals surface area contributed by atoms with Crippen LogP contribution < -0.4 is 10.2 Å². The maximum absolute atomic E-state index is 13.9. The Morgan fingerprint density at radius 2 is 1.85 bits per heavy atom. The fourth-order valence-electron chi connectivity index (χ4n) is 4.48.